The average molecular weight is 283 g/mol. The Balaban J connectivity index is 2.18. The first-order valence-corrected chi connectivity index (χ1v) is 8.15. The second-order valence-electron chi connectivity index (χ2n) is 6.95. The molecular weight excluding hydrogens is 250 g/mol. The molecule has 1 unspecified atom stereocenters. The van der Waals surface area contributed by atoms with E-state index in [1.54, 1.807) is 0 Å². The summed E-state index contributed by atoms with van der Waals surface area (Å²) in [4.78, 5) is 14.4. The van der Waals surface area contributed by atoms with E-state index in [0.29, 0.717) is 19.0 Å². The molecule has 1 fully saturated rings. The number of piperidine rings is 1. The van der Waals surface area contributed by atoms with Crippen molar-refractivity contribution in [2.75, 3.05) is 26.2 Å². The van der Waals surface area contributed by atoms with E-state index in [2.05, 4.69) is 31.0 Å². The fourth-order valence-corrected chi connectivity index (χ4v) is 2.81. The Hall–Kier alpha value is -0.610. The first kappa shape index (κ1) is 17.4. The second kappa shape index (κ2) is 8.63. The molecular formula is C16H33N3O. The monoisotopic (exact) mass is 283 g/mol. The molecule has 0 aromatic heterocycles. The van der Waals surface area contributed by atoms with Crippen LogP contribution in [0, 0.1) is 5.41 Å². The van der Waals surface area contributed by atoms with Crippen LogP contribution in [0.4, 0.5) is 0 Å². The van der Waals surface area contributed by atoms with E-state index in [0.717, 1.165) is 19.4 Å². The fourth-order valence-electron chi connectivity index (χ4n) is 2.81. The first-order chi connectivity index (χ1) is 9.44. The summed E-state index contributed by atoms with van der Waals surface area (Å²) in [6.07, 6.45) is 6.45. The molecule has 0 spiro atoms. The Morgan fingerprint density at radius 2 is 1.90 bits per heavy atom. The number of carbonyl (C=O) groups excluding carboxylic acids is 1. The molecule has 0 radical (unpaired) electrons. The highest BCUT2D eigenvalue weighted by Crippen LogP contribution is 2.25. The van der Waals surface area contributed by atoms with Gasteiger partial charge in [-0.3, -0.25) is 9.69 Å². The van der Waals surface area contributed by atoms with Gasteiger partial charge in [0, 0.05) is 19.0 Å². The van der Waals surface area contributed by atoms with Gasteiger partial charge in [0.05, 0.1) is 0 Å². The Bertz CT molecular complexity index is 285. The van der Waals surface area contributed by atoms with Gasteiger partial charge in [-0.1, -0.05) is 20.3 Å². The van der Waals surface area contributed by atoms with Crippen molar-refractivity contribution in [3.8, 4) is 0 Å². The molecule has 20 heavy (non-hydrogen) atoms. The number of hydrogen-bond acceptors (Lipinski definition) is 3. The summed E-state index contributed by atoms with van der Waals surface area (Å²) in [5, 5.41) is 3.08. The standard InChI is InChI=1S/C16H33N3O/c1-14(19-11-5-4-6-12-19)13-18-15(20)7-8-16(2,3)9-10-17/h14H,4-13,17H2,1-3H3,(H,18,20). The number of hydrogen-bond donors (Lipinski definition) is 2. The van der Waals surface area contributed by atoms with Gasteiger partial charge < -0.3 is 11.1 Å². The van der Waals surface area contributed by atoms with Gasteiger partial charge in [-0.15, -0.1) is 0 Å². The molecule has 1 amide bonds. The first-order valence-electron chi connectivity index (χ1n) is 8.15. The van der Waals surface area contributed by atoms with Crippen molar-refractivity contribution >= 4 is 5.91 Å². The zero-order chi connectivity index (χ0) is 15.0. The zero-order valence-corrected chi connectivity index (χ0v) is 13.6. The Labute approximate surface area is 124 Å². The van der Waals surface area contributed by atoms with Crippen LogP contribution in [0.3, 0.4) is 0 Å². The molecule has 118 valence electrons. The quantitative estimate of drug-likeness (QED) is 0.717. The number of amides is 1. The third-order valence-electron chi connectivity index (χ3n) is 4.46. The highest BCUT2D eigenvalue weighted by molar-refractivity contribution is 5.75. The highest BCUT2D eigenvalue weighted by atomic mass is 16.1. The summed E-state index contributed by atoms with van der Waals surface area (Å²) in [5.74, 6) is 0.180. The Kier molecular flexibility index (Phi) is 7.52. The highest BCUT2D eigenvalue weighted by Gasteiger charge is 2.20. The Morgan fingerprint density at radius 1 is 1.25 bits per heavy atom. The topological polar surface area (TPSA) is 58.4 Å². The van der Waals surface area contributed by atoms with Crippen molar-refractivity contribution in [2.45, 2.75) is 65.3 Å². The molecule has 1 saturated heterocycles. The van der Waals surface area contributed by atoms with E-state index < -0.39 is 0 Å². The van der Waals surface area contributed by atoms with Crippen LogP contribution in [0.1, 0.15) is 59.3 Å². The molecule has 1 atom stereocenters. The van der Waals surface area contributed by atoms with E-state index in [1.165, 1.54) is 32.4 Å². The molecule has 0 aromatic rings. The Morgan fingerprint density at radius 3 is 2.50 bits per heavy atom. The van der Waals surface area contributed by atoms with Gasteiger partial charge in [-0.05, 0) is 57.7 Å². The van der Waals surface area contributed by atoms with Crippen molar-refractivity contribution in [3.63, 3.8) is 0 Å². The van der Waals surface area contributed by atoms with Crippen LogP contribution in [0.25, 0.3) is 0 Å². The van der Waals surface area contributed by atoms with Gasteiger partial charge in [0.25, 0.3) is 0 Å². The largest absolute Gasteiger partial charge is 0.355 e. The lowest BCUT2D eigenvalue weighted by Gasteiger charge is -2.32. The van der Waals surface area contributed by atoms with Crippen molar-refractivity contribution < 1.29 is 4.79 Å². The number of nitrogens with one attached hydrogen (secondary N) is 1. The minimum Gasteiger partial charge on any atom is -0.355 e. The summed E-state index contributed by atoms with van der Waals surface area (Å²) in [5.41, 5.74) is 5.77. The lowest BCUT2D eigenvalue weighted by Crippen LogP contribution is -2.44. The molecule has 4 nitrogen and oxygen atoms in total. The van der Waals surface area contributed by atoms with Crippen molar-refractivity contribution in [1.29, 1.82) is 0 Å². The maximum absolute atomic E-state index is 11.9. The number of rotatable bonds is 8. The molecule has 0 bridgehead atoms. The van der Waals surface area contributed by atoms with Gasteiger partial charge in [0.1, 0.15) is 0 Å². The molecule has 1 heterocycles. The van der Waals surface area contributed by atoms with Crippen LogP contribution >= 0.6 is 0 Å². The van der Waals surface area contributed by atoms with Crippen LogP contribution in [0.2, 0.25) is 0 Å². The van der Waals surface area contributed by atoms with Gasteiger partial charge >= 0.3 is 0 Å². The second-order valence-corrected chi connectivity index (χ2v) is 6.95. The van der Waals surface area contributed by atoms with E-state index in [-0.39, 0.29) is 11.3 Å². The zero-order valence-electron chi connectivity index (χ0n) is 13.6. The maximum atomic E-state index is 11.9. The third-order valence-corrected chi connectivity index (χ3v) is 4.46. The molecule has 0 aliphatic carbocycles. The predicted octanol–water partition coefficient (Wildman–Crippen LogP) is 2.13. The van der Waals surface area contributed by atoms with E-state index >= 15 is 0 Å². The van der Waals surface area contributed by atoms with Crippen molar-refractivity contribution in [3.05, 3.63) is 0 Å². The van der Waals surface area contributed by atoms with E-state index in [9.17, 15) is 4.79 Å². The van der Waals surface area contributed by atoms with Crippen molar-refractivity contribution in [1.82, 2.24) is 10.2 Å². The summed E-state index contributed by atoms with van der Waals surface area (Å²) in [6.45, 7) is 10.4. The average Bonchev–Trinajstić information content (AvgIpc) is 2.43. The van der Waals surface area contributed by atoms with Gasteiger partial charge in [0.2, 0.25) is 5.91 Å². The number of likely N-dealkylation sites (tertiary alicyclic amines) is 1. The van der Waals surface area contributed by atoms with Crippen molar-refractivity contribution in [2.24, 2.45) is 11.1 Å². The minimum absolute atomic E-state index is 0.171. The summed E-state index contributed by atoms with van der Waals surface area (Å²) in [6, 6.07) is 0.455. The molecule has 1 aliphatic rings. The number of nitrogens with two attached hydrogens (primary N) is 1. The van der Waals surface area contributed by atoms with Gasteiger partial charge in [-0.2, -0.15) is 0 Å². The molecule has 4 heteroatoms. The molecule has 3 N–H and O–H groups in total. The normalized spacial score (nSPS) is 18.8. The van der Waals surface area contributed by atoms with Crippen LogP contribution < -0.4 is 11.1 Å². The number of carbonyl (C=O) groups is 1. The van der Waals surface area contributed by atoms with Gasteiger partial charge in [0.15, 0.2) is 0 Å². The lowest BCUT2D eigenvalue weighted by molar-refractivity contribution is -0.121. The smallest absolute Gasteiger partial charge is 0.220 e. The third kappa shape index (κ3) is 6.71. The van der Waals surface area contributed by atoms with E-state index in [4.69, 9.17) is 5.73 Å². The van der Waals surface area contributed by atoms with Gasteiger partial charge in [-0.25, -0.2) is 0 Å². The fraction of sp³-hybridized carbons (Fsp3) is 0.938. The SMILES string of the molecule is CC(CNC(=O)CCC(C)(C)CCN)N1CCCCC1. The summed E-state index contributed by atoms with van der Waals surface area (Å²) >= 11 is 0. The van der Waals surface area contributed by atoms with Crippen LogP contribution in [0.15, 0.2) is 0 Å². The predicted molar refractivity (Wildman–Crippen MR) is 84.6 cm³/mol. The molecule has 1 rings (SSSR count). The van der Waals surface area contributed by atoms with Crippen LogP contribution in [0.5, 0.6) is 0 Å². The lowest BCUT2D eigenvalue weighted by atomic mass is 9.84. The summed E-state index contributed by atoms with van der Waals surface area (Å²) < 4.78 is 0. The maximum Gasteiger partial charge on any atom is 0.220 e. The number of nitrogens with zero attached hydrogens (tertiary/aromatic N) is 1. The van der Waals surface area contributed by atoms with Crippen LogP contribution in [-0.4, -0.2) is 43.0 Å². The van der Waals surface area contributed by atoms with Crippen LogP contribution in [-0.2, 0) is 4.79 Å². The summed E-state index contributed by atoms with van der Waals surface area (Å²) in [7, 11) is 0. The molecule has 1 aliphatic heterocycles. The molecule has 0 saturated carbocycles. The molecule has 0 aromatic carbocycles. The van der Waals surface area contributed by atoms with E-state index in [1.807, 2.05) is 0 Å². The minimum atomic E-state index is 0.171.